The van der Waals surface area contributed by atoms with Gasteiger partial charge in [0.05, 0.1) is 18.8 Å². The predicted molar refractivity (Wildman–Crippen MR) is 98.2 cm³/mol. The summed E-state index contributed by atoms with van der Waals surface area (Å²) in [5.74, 6) is 0.425. The van der Waals surface area contributed by atoms with Crippen LogP contribution in [0.1, 0.15) is 25.3 Å². The maximum atomic E-state index is 11.8. The van der Waals surface area contributed by atoms with Crippen LogP contribution in [-0.2, 0) is 20.9 Å². The summed E-state index contributed by atoms with van der Waals surface area (Å²) in [6.45, 7) is 2.62. The van der Waals surface area contributed by atoms with Gasteiger partial charge in [0.15, 0.2) is 0 Å². The maximum Gasteiger partial charge on any atom is 0.248 e. The van der Waals surface area contributed by atoms with Crippen molar-refractivity contribution in [2.24, 2.45) is 0 Å². The molecular weight excluding hydrogens is 326 g/mol. The molecule has 4 nitrogen and oxygen atoms in total. The highest BCUT2D eigenvalue weighted by Gasteiger charge is 2.22. The van der Waals surface area contributed by atoms with E-state index in [1.165, 1.54) is 4.90 Å². The molecule has 0 unspecified atom stereocenters. The van der Waals surface area contributed by atoms with E-state index in [-0.39, 0.29) is 24.7 Å². The van der Waals surface area contributed by atoms with Gasteiger partial charge in [-0.3, -0.25) is 4.79 Å². The third-order valence-electron chi connectivity index (χ3n) is 3.67. The molecule has 0 fully saturated rings. The molecule has 0 aliphatic carbocycles. The quantitative estimate of drug-likeness (QED) is 0.450. The second-order valence-electron chi connectivity index (χ2n) is 5.74. The zero-order chi connectivity index (χ0) is 17.8. The number of likely N-dealkylation sites (N-methyl/N-ethyl adjacent to an activating group) is 1. The minimum absolute atomic E-state index is 0.0495. The van der Waals surface area contributed by atoms with E-state index >= 15 is 0 Å². The summed E-state index contributed by atoms with van der Waals surface area (Å²) in [6, 6.07) is 10.0. The lowest BCUT2D eigenvalue weighted by atomic mass is 10.1. The van der Waals surface area contributed by atoms with Gasteiger partial charge in [-0.2, -0.15) is 0 Å². The fourth-order valence-corrected chi connectivity index (χ4v) is 2.32. The van der Waals surface area contributed by atoms with Crippen molar-refractivity contribution in [3.05, 3.63) is 48.0 Å². The normalized spacial score (nSPS) is 13.8. The Kier molecular flexibility index (Phi) is 10.4. The van der Waals surface area contributed by atoms with Crippen molar-refractivity contribution in [1.82, 2.24) is 4.90 Å². The Bertz CT molecular complexity index is 491. The number of ether oxygens (including phenoxy) is 2. The Balaban J connectivity index is 2.65. The van der Waals surface area contributed by atoms with Crippen LogP contribution in [0.3, 0.4) is 0 Å². The van der Waals surface area contributed by atoms with E-state index in [4.69, 9.17) is 21.1 Å². The Morgan fingerprint density at radius 3 is 2.46 bits per heavy atom. The van der Waals surface area contributed by atoms with Gasteiger partial charge in [0, 0.05) is 20.0 Å². The number of benzene rings is 1. The number of carbonyl (C=O) groups is 1. The summed E-state index contributed by atoms with van der Waals surface area (Å²) in [7, 11) is 3.44. The first-order valence-corrected chi connectivity index (χ1v) is 8.80. The second kappa shape index (κ2) is 12.1. The zero-order valence-electron chi connectivity index (χ0n) is 14.8. The minimum atomic E-state index is -0.141. The molecule has 0 radical (unpaired) electrons. The third kappa shape index (κ3) is 7.95. The van der Waals surface area contributed by atoms with Crippen molar-refractivity contribution >= 4 is 17.5 Å². The Hall–Kier alpha value is -1.36. The molecule has 5 heteroatoms. The van der Waals surface area contributed by atoms with Gasteiger partial charge >= 0.3 is 0 Å². The van der Waals surface area contributed by atoms with Crippen molar-refractivity contribution < 1.29 is 14.3 Å². The van der Waals surface area contributed by atoms with Gasteiger partial charge in [0.2, 0.25) is 5.91 Å². The zero-order valence-corrected chi connectivity index (χ0v) is 15.5. The second-order valence-corrected chi connectivity index (χ2v) is 6.05. The van der Waals surface area contributed by atoms with Crippen LogP contribution in [0.2, 0.25) is 0 Å². The number of alkyl halides is 1. The van der Waals surface area contributed by atoms with E-state index < -0.39 is 0 Å². The molecule has 1 aromatic rings. The summed E-state index contributed by atoms with van der Waals surface area (Å²) in [4.78, 5) is 13.3. The van der Waals surface area contributed by atoms with Crippen LogP contribution in [0.15, 0.2) is 42.5 Å². The molecule has 0 spiro atoms. The van der Waals surface area contributed by atoms with Gasteiger partial charge in [-0.05, 0) is 18.4 Å². The molecule has 0 heterocycles. The van der Waals surface area contributed by atoms with Gasteiger partial charge in [-0.15, -0.1) is 11.6 Å². The van der Waals surface area contributed by atoms with Crippen LogP contribution in [0, 0.1) is 0 Å². The number of carbonyl (C=O) groups excluding carboxylic acids is 1. The van der Waals surface area contributed by atoms with E-state index in [0.29, 0.717) is 18.9 Å². The molecule has 2 atom stereocenters. The van der Waals surface area contributed by atoms with Gasteiger partial charge in [-0.25, -0.2) is 0 Å². The number of amides is 1. The number of hydrogen-bond donors (Lipinski definition) is 0. The molecule has 0 saturated carbocycles. The monoisotopic (exact) mass is 353 g/mol. The first-order chi connectivity index (χ1) is 11.6. The van der Waals surface area contributed by atoms with Crippen LogP contribution in [0.4, 0.5) is 0 Å². The molecule has 24 heavy (non-hydrogen) atoms. The smallest absolute Gasteiger partial charge is 0.248 e. The van der Waals surface area contributed by atoms with E-state index in [2.05, 4.69) is 0 Å². The largest absolute Gasteiger partial charge is 0.371 e. The summed E-state index contributed by atoms with van der Waals surface area (Å²) < 4.78 is 11.9. The first kappa shape index (κ1) is 20.7. The number of rotatable bonds is 11. The van der Waals surface area contributed by atoms with E-state index in [0.717, 1.165) is 12.0 Å². The van der Waals surface area contributed by atoms with Crippen molar-refractivity contribution in [3.63, 3.8) is 0 Å². The highest BCUT2D eigenvalue weighted by atomic mass is 35.5. The lowest BCUT2D eigenvalue weighted by molar-refractivity contribution is -0.140. The molecule has 1 amide bonds. The van der Waals surface area contributed by atoms with E-state index in [1.807, 2.05) is 49.4 Å². The number of hydrogen-bond acceptors (Lipinski definition) is 3. The van der Waals surface area contributed by atoms with Crippen molar-refractivity contribution in [2.45, 2.75) is 38.6 Å². The number of nitrogens with zero attached hydrogens (tertiary/aromatic N) is 1. The lowest BCUT2D eigenvalue weighted by Crippen LogP contribution is -2.35. The van der Waals surface area contributed by atoms with Crippen molar-refractivity contribution in [2.75, 3.05) is 26.6 Å². The molecule has 0 saturated heterocycles. The van der Waals surface area contributed by atoms with Crippen LogP contribution in [0.5, 0.6) is 0 Å². The average molecular weight is 354 g/mol. The summed E-state index contributed by atoms with van der Waals surface area (Å²) in [5.41, 5.74) is 1.11. The third-order valence-corrected chi connectivity index (χ3v) is 3.85. The predicted octanol–water partition coefficient (Wildman–Crippen LogP) is 3.64. The molecule has 1 rings (SSSR count). The molecule has 1 aromatic carbocycles. The fourth-order valence-electron chi connectivity index (χ4n) is 2.19. The van der Waals surface area contributed by atoms with Crippen molar-refractivity contribution in [1.29, 1.82) is 0 Å². The van der Waals surface area contributed by atoms with E-state index in [9.17, 15) is 4.79 Å². The van der Waals surface area contributed by atoms with Crippen LogP contribution >= 0.6 is 11.6 Å². The van der Waals surface area contributed by atoms with Crippen LogP contribution in [0.25, 0.3) is 0 Å². The standard InChI is InChI=1S/C19H28ClNO3/c1-4-17(24-15-19(22)21(2)3)18(12-8-9-13-20)23-14-16-10-6-5-7-11-16/h5-11,17-18H,4,12-15H2,1-3H3/b9-8-/t17-,18-/m1/s1. The molecule has 0 aromatic heterocycles. The van der Waals surface area contributed by atoms with E-state index in [1.54, 1.807) is 14.1 Å². The molecule has 0 N–H and O–H groups in total. The van der Waals surface area contributed by atoms with Crippen molar-refractivity contribution in [3.8, 4) is 0 Å². The Labute approximate surface area is 150 Å². The Morgan fingerprint density at radius 2 is 1.88 bits per heavy atom. The van der Waals surface area contributed by atoms with Crippen LogP contribution < -0.4 is 0 Å². The topological polar surface area (TPSA) is 38.8 Å². The minimum Gasteiger partial charge on any atom is -0.371 e. The molecule has 0 aliphatic heterocycles. The SMILES string of the molecule is CC[C@@H](OCC(=O)N(C)C)[C@@H](C/C=C\CCl)OCc1ccccc1. The molecule has 134 valence electrons. The van der Waals surface area contributed by atoms with Gasteiger partial charge in [0.25, 0.3) is 0 Å². The molecule has 0 aliphatic rings. The Morgan fingerprint density at radius 1 is 1.17 bits per heavy atom. The maximum absolute atomic E-state index is 11.8. The lowest BCUT2D eigenvalue weighted by Gasteiger charge is -2.26. The summed E-state index contributed by atoms with van der Waals surface area (Å²) in [5, 5.41) is 0. The summed E-state index contributed by atoms with van der Waals surface area (Å²) in [6.07, 6.45) is 5.12. The van der Waals surface area contributed by atoms with Crippen LogP contribution in [-0.4, -0.2) is 49.6 Å². The average Bonchev–Trinajstić information content (AvgIpc) is 2.60. The number of allylic oxidation sites excluding steroid dienone is 1. The first-order valence-electron chi connectivity index (χ1n) is 8.26. The highest BCUT2D eigenvalue weighted by molar-refractivity contribution is 6.18. The highest BCUT2D eigenvalue weighted by Crippen LogP contribution is 2.16. The van der Waals surface area contributed by atoms with Gasteiger partial charge < -0.3 is 14.4 Å². The fraction of sp³-hybridized carbons (Fsp3) is 0.526. The number of halogens is 1. The van der Waals surface area contributed by atoms with Gasteiger partial charge in [-0.1, -0.05) is 49.4 Å². The summed E-state index contributed by atoms with van der Waals surface area (Å²) >= 11 is 5.70. The molecular formula is C19H28ClNO3. The van der Waals surface area contributed by atoms with Gasteiger partial charge in [0.1, 0.15) is 6.61 Å². The molecule has 0 bridgehead atoms.